The maximum atomic E-state index is 13.5. The number of halogens is 6. The number of alkyl halides is 6. The lowest BCUT2D eigenvalue weighted by Gasteiger charge is -2.19. The highest BCUT2D eigenvalue weighted by Crippen LogP contribution is 2.35. The zero-order chi connectivity index (χ0) is 48.9. The molecule has 4 aromatic carbocycles. The van der Waals surface area contributed by atoms with Crippen molar-refractivity contribution in [2.45, 2.75) is 60.9 Å². The number of hydrogen-bond acceptors (Lipinski definition) is 11. The van der Waals surface area contributed by atoms with Crippen molar-refractivity contribution in [3.05, 3.63) is 202 Å². The van der Waals surface area contributed by atoms with Crippen LogP contribution in [-0.4, -0.2) is 44.1 Å². The summed E-state index contributed by atoms with van der Waals surface area (Å²) < 4.78 is 132. The number of thiophene rings is 2. The Morgan fingerprint density at radius 1 is 0.536 bits per heavy atom. The number of rotatable bonds is 18. The molecule has 0 bridgehead atoms. The first-order valence-electron chi connectivity index (χ1n) is 21.1. The fourth-order valence-corrected chi connectivity index (χ4v) is 10.3. The minimum absolute atomic E-state index is 0.0210. The normalized spacial score (nSPS) is 13.2. The van der Waals surface area contributed by atoms with E-state index >= 15 is 0 Å². The van der Waals surface area contributed by atoms with E-state index in [9.17, 15) is 39.0 Å². The van der Waals surface area contributed by atoms with Gasteiger partial charge >= 0.3 is 12.4 Å². The molecule has 8 rings (SSSR count). The van der Waals surface area contributed by atoms with E-state index < -0.39 is 61.4 Å². The molecule has 0 aliphatic rings. The second-order valence-corrected chi connectivity index (χ2v) is 20.5. The van der Waals surface area contributed by atoms with Gasteiger partial charge in [-0.3, -0.25) is 4.21 Å². The zero-order valence-electron chi connectivity index (χ0n) is 36.3. The maximum absolute atomic E-state index is 13.5. The fourth-order valence-electron chi connectivity index (χ4n) is 6.71. The van der Waals surface area contributed by atoms with E-state index in [-0.39, 0.29) is 41.4 Å². The molecule has 9 nitrogen and oxygen atoms in total. The molecular formula is C50H42F6N4O5S4. The highest BCUT2D eigenvalue weighted by atomic mass is 32.2. The Morgan fingerprint density at radius 2 is 0.971 bits per heavy atom. The first-order valence-corrected chi connectivity index (χ1v) is 25.9. The van der Waals surface area contributed by atoms with Crippen LogP contribution in [0, 0.1) is 0 Å². The highest BCUT2D eigenvalue weighted by Gasteiger charge is 2.36. The lowest BCUT2D eigenvalue weighted by molar-refractivity contribution is -0.142. The van der Waals surface area contributed by atoms with E-state index in [1.54, 1.807) is 35.0 Å². The van der Waals surface area contributed by atoms with Crippen LogP contribution in [0.1, 0.15) is 58.7 Å². The molecule has 8 aromatic rings. The number of hydrogen-bond donors (Lipinski definition) is 0. The van der Waals surface area contributed by atoms with Gasteiger partial charge < -0.3 is 9.47 Å². The molecule has 19 heteroatoms. The number of nitrogens with zero attached hydrogens (tertiary/aromatic N) is 4. The quantitative estimate of drug-likeness (QED) is 0.0611. The number of aromatic nitrogens is 4. The molecule has 0 aliphatic carbocycles. The summed E-state index contributed by atoms with van der Waals surface area (Å²) in [5, 5.41) is 2.25. The summed E-state index contributed by atoms with van der Waals surface area (Å²) >= 11 is 2.42. The average Bonchev–Trinajstić information content (AvgIpc) is 4.12. The lowest BCUT2D eigenvalue weighted by Crippen LogP contribution is -2.18. The van der Waals surface area contributed by atoms with Crippen molar-refractivity contribution >= 4 is 43.3 Å². The number of sulfone groups is 1. The first kappa shape index (κ1) is 50.9. The Bertz CT molecular complexity index is 2970. The molecule has 0 spiro atoms. The van der Waals surface area contributed by atoms with Crippen LogP contribution >= 0.6 is 22.7 Å². The Labute approximate surface area is 405 Å². The van der Waals surface area contributed by atoms with E-state index in [1.165, 1.54) is 11.3 Å². The summed E-state index contributed by atoms with van der Waals surface area (Å²) in [7, 11) is -6.08. The smallest absolute Gasteiger partial charge is 0.369 e. The largest absolute Gasteiger partial charge is 0.433 e. The maximum Gasteiger partial charge on any atom is 0.433 e. The predicted molar refractivity (Wildman–Crippen MR) is 254 cm³/mol. The molecule has 0 amide bonds. The third kappa shape index (κ3) is 14.8. The predicted octanol–water partition coefficient (Wildman–Crippen LogP) is 13.0. The van der Waals surface area contributed by atoms with E-state index in [4.69, 9.17) is 9.47 Å². The van der Waals surface area contributed by atoms with Crippen molar-refractivity contribution in [1.29, 1.82) is 0 Å². The van der Waals surface area contributed by atoms with Crippen LogP contribution in [0.15, 0.2) is 179 Å². The molecule has 0 N–H and O–H groups in total. The van der Waals surface area contributed by atoms with Gasteiger partial charge in [0.2, 0.25) is 20.2 Å². The summed E-state index contributed by atoms with van der Waals surface area (Å²) in [4.78, 5) is 16.1. The molecule has 358 valence electrons. The second kappa shape index (κ2) is 23.6. The van der Waals surface area contributed by atoms with E-state index in [0.717, 1.165) is 45.7 Å². The minimum Gasteiger partial charge on any atom is -0.369 e. The van der Waals surface area contributed by atoms with Gasteiger partial charge in [0, 0.05) is 5.75 Å². The standard InChI is InChI=1S/C25H21F3N2O3S2.C25H21F3N2O2S2/c26-25(27,28)23-16-20(22-12-7-14-34-22)29-24(30-23)35(31,32)15-13-21(19-10-5-2-6-11-19)33-17-18-8-3-1-4-9-18;26-25(27,28)23-16-20(22-12-7-14-33-22)29-24(30-23)34(31)15-13-21(19-10-5-2-6-11-19)32-17-18-8-3-1-4-9-18/h1-12,14,16,21H,13,15,17H2;1-12,14,16,21H,13,15,17H2. The molecule has 4 heterocycles. The Balaban J connectivity index is 0.000000204. The third-order valence-corrected chi connectivity index (χ3v) is 14.7. The van der Waals surface area contributed by atoms with Gasteiger partial charge in [-0.15, -0.1) is 22.7 Å². The second-order valence-electron chi connectivity index (χ2n) is 15.1. The molecule has 0 saturated heterocycles. The molecule has 4 aromatic heterocycles. The van der Waals surface area contributed by atoms with Gasteiger partial charge in [0.1, 0.15) is 11.4 Å². The summed E-state index contributed by atoms with van der Waals surface area (Å²) in [5.41, 5.74) is 1.21. The van der Waals surface area contributed by atoms with Crippen molar-refractivity contribution < 1.29 is 48.4 Å². The van der Waals surface area contributed by atoms with Gasteiger partial charge in [-0.1, -0.05) is 133 Å². The van der Waals surface area contributed by atoms with Gasteiger partial charge in [-0.25, -0.2) is 28.4 Å². The first-order chi connectivity index (χ1) is 33.1. The third-order valence-electron chi connectivity index (χ3n) is 10.2. The minimum atomic E-state index is -4.81. The van der Waals surface area contributed by atoms with Crippen LogP contribution in [-0.2, 0) is 55.7 Å². The fraction of sp³-hybridized carbons (Fsp3) is 0.200. The van der Waals surface area contributed by atoms with E-state index in [0.29, 0.717) is 22.8 Å². The van der Waals surface area contributed by atoms with Crippen molar-refractivity contribution in [2.75, 3.05) is 11.5 Å². The average molecular weight is 1020 g/mol. The molecule has 3 unspecified atom stereocenters. The number of benzene rings is 4. The van der Waals surface area contributed by atoms with Crippen molar-refractivity contribution in [1.82, 2.24) is 19.9 Å². The van der Waals surface area contributed by atoms with Gasteiger partial charge in [0.05, 0.1) is 63.1 Å². The zero-order valence-corrected chi connectivity index (χ0v) is 39.6. The summed E-state index contributed by atoms with van der Waals surface area (Å²) in [5.74, 6) is -0.425. The van der Waals surface area contributed by atoms with E-state index in [1.807, 2.05) is 121 Å². The molecule has 69 heavy (non-hydrogen) atoms. The Kier molecular flexibility index (Phi) is 17.4. The van der Waals surface area contributed by atoms with Crippen LogP contribution in [0.4, 0.5) is 26.3 Å². The van der Waals surface area contributed by atoms with Gasteiger partial charge in [-0.2, -0.15) is 26.3 Å². The van der Waals surface area contributed by atoms with Crippen molar-refractivity contribution in [3.63, 3.8) is 0 Å². The van der Waals surface area contributed by atoms with Gasteiger partial charge in [0.15, 0.2) is 0 Å². The van der Waals surface area contributed by atoms with Crippen molar-refractivity contribution in [3.8, 4) is 21.1 Å². The topological polar surface area (TPSA) is 121 Å². The van der Waals surface area contributed by atoms with Crippen LogP contribution in [0.2, 0.25) is 0 Å². The highest BCUT2D eigenvalue weighted by molar-refractivity contribution is 7.91. The summed E-state index contributed by atoms with van der Waals surface area (Å²) in [6, 6.07) is 45.9. The van der Waals surface area contributed by atoms with Crippen LogP contribution in [0.5, 0.6) is 0 Å². The van der Waals surface area contributed by atoms with Crippen LogP contribution in [0.25, 0.3) is 21.1 Å². The monoisotopic (exact) mass is 1020 g/mol. The number of ether oxygens (including phenoxy) is 2. The van der Waals surface area contributed by atoms with Gasteiger partial charge in [0.25, 0.3) is 0 Å². The molecule has 0 fully saturated rings. The molecule has 3 atom stereocenters. The van der Waals surface area contributed by atoms with Gasteiger partial charge in [-0.05, 0) is 70.1 Å². The molecule has 0 aliphatic heterocycles. The SMILES string of the molecule is O=S(=O)(CCC(OCc1ccccc1)c1ccccc1)c1nc(-c2cccs2)cc(C(F)(F)F)n1.O=S(CCC(OCc1ccccc1)c1ccccc1)c1nc(-c2cccs2)cc(C(F)(F)F)n1. The van der Waals surface area contributed by atoms with Crippen LogP contribution < -0.4 is 0 Å². The lowest BCUT2D eigenvalue weighted by atomic mass is 10.1. The molecular weight excluding hydrogens is 979 g/mol. The molecule has 0 radical (unpaired) electrons. The van der Waals surface area contributed by atoms with Crippen LogP contribution in [0.3, 0.4) is 0 Å². The Hall–Kier alpha value is -5.96. The summed E-state index contributed by atoms with van der Waals surface area (Å²) in [6.45, 7) is 0.610. The summed E-state index contributed by atoms with van der Waals surface area (Å²) in [6.07, 6.45) is -10.1. The Morgan fingerprint density at radius 3 is 1.42 bits per heavy atom. The van der Waals surface area contributed by atoms with E-state index in [2.05, 4.69) is 19.9 Å². The van der Waals surface area contributed by atoms with Crippen molar-refractivity contribution in [2.24, 2.45) is 0 Å². The molecule has 0 saturated carbocycles.